The molecule has 17 heavy (non-hydrogen) atoms. The molecule has 2 heterocycles. The van der Waals surface area contributed by atoms with Crippen LogP contribution in [0.3, 0.4) is 0 Å². The predicted octanol–water partition coefficient (Wildman–Crippen LogP) is 1.85. The fourth-order valence-corrected chi connectivity index (χ4v) is 2.10. The van der Waals surface area contributed by atoms with Gasteiger partial charge in [0.15, 0.2) is 0 Å². The Morgan fingerprint density at radius 2 is 2.06 bits per heavy atom. The Balaban J connectivity index is 2.13. The van der Waals surface area contributed by atoms with E-state index in [0.29, 0.717) is 11.5 Å². The van der Waals surface area contributed by atoms with Crippen LogP contribution in [0.1, 0.15) is 5.56 Å². The first kappa shape index (κ1) is 9.96. The predicted molar refractivity (Wildman–Crippen MR) is 67.7 cm³/mol. The summed E-state index contributed by atoms with van der Waals surface area (Å²) in [6.45, 7) is 0.757. The molecule has 0 atom stereocenters. The van der Waals surface area contributed by atoms with E-state index in [1.54, 1.807) is 6.20 Å². The molecule has 0 bridgehead atoms. The summed E-state index contributed by atoms with van der Waals surface area (Å²) in [7, 11) is 0. The van der Waals surface area contributed by atoms with E-state index < -0.39 is 0 Å². The van der Waals surface area contributed by atoms with Crippen molar-refractivity contribution in [3.8, 4) is 16.9 Å². The van der Waals surface area contributed by atoms with Gasteiger partial charge in [-0.1, -0.05) is 6.07 Å². The highest BCUT2D eigenvalue weighted by Crippen LogP contribution is 2.33. The maximum absolute atomic E-state index is 5.94. The van der Waals surface area contributed by atoms with E-state index in [4.69, 9.17) is 16.2 Å². The Bertz CT molecular complexity index is 581. The number of benzene rings is 1. The maximum atomic E-state index is 5.94. The van der Waals surface area contributed by atoms with Crippen LogP contribution in [0.25, 0.3) is 11.1 Å². The van der Waals surface area contributed by atoms with Gasteiger partial charge in [0.05, 0.1) is 12.3 Å². The van der Waals surface area contributed by atoms with Crippen molar-refractivity contribution in [2.75, 3.05) is 18.1 Å². The largest absolute Gasteiger partial charge is 0.493 e. The molecule has 0 amide bonds. The van der Waals surface area contributed by atoms with Gasteiger partial charge in [0, 0.05) is 18.2 Å². The number of rotatable bonds is 1. The Hall–Kier alpha value is -2.23. The highest BCUT2D eigenvalue weighted by atomic mass is 16.5. The number of nitrogens with two attached hydrogens (primary N) is 2. The van der Waals surface area contributed by atoms with Crippen LogP contribution in [0.2, 0.25) is 0 Å². The van der Waals surface area contributed by atoms with E-state index in [-0.39, 0.29) is 0 Å². The fraction of sp³-hybridized carbons (Fsp3) is 0.154. The first-order valence-corrected chi connectivity index (χ1v) is 5.52. The van der Waals surface area contributed by atoms with Crippen LogP contribution >= 0.6 is 0 Å². The van der Waals surface area contributed by atoms with Gasteiger partial charge in [-0.25, -0.2) is 4.98 Å². The molecule has 4 N–H and O–H groups in total. The second kappa shape index (κ2) is 3.66. The van der Waals surface area contributed by atoms with E-state index in [1.165, 1.54) is 5.56 Å². The molecule has 0 saturated heterocycles. The minimum atomic E-state index is 0.374. The number of aromatic nitrogens is 1. The van der Waals surface area contributed by atoms with E-state index >= 15 is 0 Å². The molecule has 3 rings (SSSR count). The molecule has 1 aromatic carbocycles. The van der Waals surface area contributed by atoms with Gasteiger partial charge >= 0.3 is 0 Å². The van der Waals surface area contributed by atoms with Crippen LogP contribution in [0.15, 0.2) is 30.5 Å². The number of pyridine rings is 1. The van der Waals surface area contributed by atoms with Gasteiger partial charge in [0.2, 0.25) is 0 Å². The van der Waals surface area contributed by atoms with E-state index in [0.717, 1.165) is 29.9 Å². The number of nitrogen functional groups attached to an aromatic ring is 2. The van der Waals surface area contributed by atoms with Gasteiger partial charge in [0.25, 0.3) is 0 Å². The molecule has 4 nitrogen and oxygen atoms in total. The molecule has 86 valence electrons. The van der Waals surface area contributed by atoms with Gasteiger partial charge < -0.3 is 16.2 Å². The van der Waals surface area contributed by atoms with Gasteiger partial charge in [-0.05, 0) is 29.3 Å². The number of fused-ring (bicyclic) bond motifs is 1. The SMILES string of the molecule is Nc1nccc(-c2ccc3c(c2)CCO3)c1N. The molecule has 1 aliphatic rings. The van der Waals surface area contributed by atoms with Crippen LogP contribution in [-0.4, -0.2) is 11.6 Å². The van der Waals surface area contributed by atoms with Crippen molar-refractivity contribution in [1.29, 1.82) is 0 Å². The topological polar surface area (TPSA) is 74.2 Å². The summed E-state index contributed by atoms with van der Waals surface area (Å²) >= 11 is 0. The molecule has 0 saturated carbocycles. The summed E-state index contributed by atoms with van der Waals surface area (Å²) in [6, 6.07) is 7.96. The fourth-order valence-electron chi connectivity index (χ4n) is 2.10. The van der Waals surface area contributed by atoms with Crippen molar-refractivity contribution in [3.05, 3.63) is 36.0 Å². The molecular formula is C13H13N3O. The van der Waals surface area contributed by atoms with Crippen molar-refractivity contribution in [2.45, 2.75) is 6.42 Å². The lowest BCUT2D eigenvalue weighted by atomic mass is 10.0. The normalized spacial score (nSPS) is 13.2. The van der Waals surface area contributed by atoms with Gasteiger partial charge in [-0.15, -0.1) is 0 Å². The number of hydrogen-bond acceptors (Lipinski definition) is 4. The summed E-state index contributed by atoms with van der Waals surface area (Å²) in [5, 5.41) is 0. The Morgan fingerprint density at radius 3 is 2.94 bits per heavy atom. The first-order chi connectivity index (χ1) is 8.25. The molecule has 2 aromatic rings. The maximum Gasteiger partial charge on any atom is 0.147 e. The monoisotopic (exact) mass is 227 g/mol. The average Bonchev–Trinajstić information content (AvgIpc) is 2.79. The van der Waals surface area contributed by atoms with Crippen molar-refractivity contribution in [1.82, 2.24) is 4.98 Å². The number of ether oxygens (including phenoxy) is 1. The second-order valence-corrected chi connectivity index (χ2v) is 4.08. The van der Waals surface area contributed by atoms with Crippen molar-refractivity contribution >= 4 is 11.5 Å². The number of hydrogen-bond donors (Lipinski definition) is 2. The van der Waals surface area contributed by atoms with Crippen LogP contribution in [-0.2, 0) is 6.42 Å². The highest BCUT2D eigenvalue weighted by molar-refractivity contribution is 5.82. The van der Waals surface area contributed by atoms with E-state index in [2.05, 4.69) is 11.1 Å². The molecule has 0 spiro atoms. The van der Waals surface area contributed by atoms with Crippen LogP contribution in [0.4, 0.5) is 11.5 Å². The standard InChI is InChI=1S/C13H13N3O/c14-12-10(3-5-16-13(12)15)8-1-2-11-9(7-8)4-6-17-11/h1-3,5,7H,4,6,14H2,(H2,15,16). The summed E-state index contributed by atoms with van der Waals surface area (Å²) in [5.41, 5.74) is 15.4. The minimum Gasteiger partial charge on any atom is -0.493 e. The third-order valence-electron chi connectivity index (χ3n) is 3.02. The van der Waals surface area contributed by atoms with Crippen LogP contribution in [0, 0.1) is 0 Å². The number of anilines is 2. The molecule has 0 fully saturated rings. The average molecular weight is 227 g/mol. The van der Waals surface area contributed by atoms with E-state index in [1.807, 2.05) is 18.2 Å². The smallest absolute Gasteiger partial charge is 0.147 e. The zero-order valence-corrected chi connectivity index (χ0v) is 9.31. The van der Waals surface area contributed by atoms with Gasteiger partial charge in [-0.2, -0.15) is 0 Å². The zero-order valence-electron chi connectivity index (χ0n) is 9.31. The molecule has 4 heteroatoms. The highest BCUT2D eigenvalue weighted by Gasteiger charge is 2.14. The summed E-state index contributed by atoms with van der Waals surface area (Å²) < 4.78 is 5.47. The molecule has 0 aliphatic carbocycles. The number of nitrogens with zero attached hydrogens (tertiary/aromatic N) is 1. The van der Waals surface area contributed by atoms with Gasteiger partial charge in [0.1, 0.15) is 11.6 Å². The molecule has 1 aromatic heterocycles. The second-order valence-electron chi connectivity index (χ2n) is 4.08. The molecular weight excluding hydrogens is 214 g/mol. The first-order valence-electron chi connectivity index (χ1n) is 5.52. The lowest BCUT2D eigenvalue weighted by Gasteiger charge is -2.08. The van der Waals surface area contributed by atoms with Crippen molar-refractivity contribution in [3.63, 3.8) is 0 Å². The molecule has 1 aliphatic heterocycles. The van der Waals surface area contributed by atoms with Crippen LogP contribution < -0.4 is 16.2 Å². The Kier molecular flexibility index (Phi) is 2.14. The van der Waals surface area contributed by atoms with Crippen molar-refractivity contribution < 1.29 is 4.74 Å². The quantitative estimate of drug-likeness (QED) is 0.779. The molecule has 0 unspecified atom stereocenters. The van der Waals surface area contributed by atoms with Crippen molar-refractivity contribution in [2.24, 2.45) is 0 Å². The summed E-state index contributed by atoms with van der Waals surface area (Å²) in [5.74, 6) is 1.34. The minimum absolute atomic E-state index is 0.374. The summed E-state index contributed by atoms with van der Waals surface area (Å²) in [6.07, 6.45) is 2.62. The Morgan fingerprint density at radius 1 is 1.18 bits per heavy atom. The van der Waals surface area contributed by atoms with E-state index in [9.17, 15) is 0 Å². The van der Waals surface area contributed by atoms with Crippen LogP contribution in [0.5, 0.6) is 5.75 Å². The Labute approximate surface area is 99.2 Å². The summed E-state index contributed by atoms with van der Waals surface area (Å²) in [4.78, 5) is 3.97. The third-order valence-corrected chi connectivity index (χ3v) is 3.02. The van der Waals surface area contributed by atoms with Gasteiger partial charge in [-0.3, -0.25) is 0 Å². The zero-order chi connectivity index (χ0) is 11.8. The molecule has 0 radical (unpaired) electrons. The third kappa shape index (κ3) is 1.58. The lowest BCUT2D eigenvalue weighted by Crippen LogP contribution is -1.99. The lowest BCUT2D eigenvalue weighted by molar-refractivity contribution is 0.357.